The van der Waals surface area contributed by atoms with Gasteiger partial charge in [0.15, 0.2) is 0 Å². The number of nitrogens with zero attached hydrogens (tertiary/aromatic N) is 1. The summed E-state index contributed by atoms with van der Waals surface area (Å²) in [6, 6.07) is 25.4. The Bertz CT molecular complexity index is 1110. The Hall–Kier alpha value is -3.60. The number of benzene rings is 3. The second kappa shape index (κ2) is 14.2. The van der Waals surface area contributed by atoms with Gasteiger partial charge in [0.1, 0.15) is 11.8 Å². The van der Waals surface area contributed by atoms with Gasteiger partial charge < -0.3 is 15.0 Å². The highest BCUT2D eigenvalue weighted by atomic mass is 16.5. The average molecular weight is 501 g/mol. The summed E-state index contributed by atoms with van der Waals surface area (Å²) < 4.78 is 5.84. The van der Waals surface area contributed by atoms with Crippen molar-refractivity contribution in [3.05, 3.63) is 101 Å². The van der Waals surface area contributed by atoms with Crippen LogP contribution in [0.5, 0.6) is 5.75 Å². The van der Waals surface area contributed by atoms with Gasteiger partial charge in [0.25, 0.3) is 0 Å². The minimum Gasteiger partial charge on any atom is -0.494 e. The van der Waals surface area contributed by atoms with Gasteiger partial charge in [-0.25, -0.2) is 0 Å². The largest absolute Gasteiger partial charge is 0.494 e. The third kappa shape index (κ3) is 9.09. The summed E-state index contributed by atoms with van der Waals surface area (Å²) >= 11 is 0. The van der Waals surface area contributed by atoms with E-state index in [9.17, 15) is 9.59 Å². The van der Waals surface area contributed by atoms with E-state index in [2.05, 4.69) is 5.32 Å². The maximum atomic E-state index is 13.7. The smallest absolute Gasteiger partial charge is 0.243 e. The number of hydrogen-bond acceptors (Lipinski definition) is 3. The van der Waals surface area contributed by atoms with Crippen molar-refractivity contribution in [3.63, 3.8) is 0 Å². The second-order valence-electron chi connectivity index (χ2n) is 9.80. The van der Waals surface area contributed by atoms with E-state index < -0.39 is 6.04 Å². The molecule has 2 atom stereocenters. The molecule has 5 nitrogen and oxygen atoms in total. The number of amides is 2. The van der Waals surface area contributed by atoms with Crippen LogP contribution in [-0.2, 0) is 22.6 Å². The van der Waals surface area contributed by atoms with E-state index in [1.165, 1.54) is 5.56 Å². The molecule has 0 saturated carbocycles. The van der Waals surface area contributed by atoms with Crippen LogP contribution in [0.2, 0.25) is 0 Å². The summed E-state index contributed by atoms with van der Waals surface area (Å²) in [5.74, 6) is 0.632. The number of carbonyl (C=O) groups is 2. The van der Waals surface area contributed by atoms with Crippen LogP contribution in [0.25, 0.3) is 0 Å². The summed E-state index contributed by atoms with van der Waals surface area (Å²) in [6.45, 7) is 8.93. The molecule has 0 radical (unpaired) electrons. The van der Waals surface area contributed by atoms with Gasteiger partial charge >= 0.3 is 0 Å². The van der Waals surface area contributed by atoms with Crippen LogP contribution in [0.4, 0.5) is 0 Å². The average Bonchev–Trinajstić information content (AvgIpc) is 2.91. The standard InChI is InChI=1S/C32H40N2O3/c1-5-26(4)33-32(36)30(22-27-10-7-6-8-11-27)34(23-28-17-13-24(2)14-18-28)31(35)12-9-21-37-29-19-15-25(3)16-20-29/h6-8,10-11,13-20,26,30H,5,9,12,21-23H2,1-4H3,(H,33,36)/t26-,30-/m1/s1. The lowest BCUT2D eigenvalue weighted by atomic mass is 10.0. The molecule has 3 aromatic rings. The molecule has 5 heteroatoms. The SMILES string of the molecule is CC[C@@H](C)NC(=O)[C@@H](Cc1ccccc1)N(Cc1ccc(C)cc1)C(=O)CCCOc1ccc(C)cc1. The first-order valence-corrected chi connectivity index (χ1v) is 13.2. The second-order valence-corrected chi connectivity index (χ2v) is 9.80. The van der Waals surface area contributed by atoms with Crippen LogP contribution in [0.15, 0.2) is 78.9 Å². The van der Waals surface area contributed by atoms with E-state index in [4.69, 9.17) is 4.74 Å². The molecule has 0 aromatic heterocycles. The number of ether oxygens (including phenoxy) is 1. The quantitative estimate of drug-likeness (QED) is 0.292. The fraction of sp³-hybridized carbons (Fsp3) is 0.375. The zero-order chi connectivity index (χ0) is 26.6. The number of carbonyl (C=O) groups excluding carboxylic acids is 2. The van der Waals surface area contributed by atoms with Crippen LogP contribution >= 0.6 is 0 Å². The lowest BCUT2D eigenvalue weighted by Gasteiger charge is -2.32. The number of rotatable bonds is 13. The Kier molecular flexibility index (Phi) is 10.8. The number of nitrogens with one attached hydrogen (secondary N) is 1. The van der Waals surface area contributed by atoms with Crippen molar-refractivity contribution in [2.45, 2.75) is 72.0 Å². The van der Waals surface area contributed by atoms with Crippen molar-refractivity contribution in [1.82, 2.24) is 10.2 Å². The van der Waals surface area contributed by atoms with E-state index in [1.807, 2.05) is 107 Å². The maximum Gasteiger partial charge on any atom is 0.243 e. The summed E-state index contributed by atoms with van der Waals surface area (Å²) in [6.07, 6.45) is 2.16. The van der Waals surface area contributed by atoms with Crippen molar-refractivity contribution >= 4 is 11.8 Å². The van der Waals surface area contributed by atoms with Crippen molar-refractivity contribution < 1.29 is 14.3 Å². The zero-order valence-corrected chi connectivity index (χ0v) is 22.6. The first-order valence-electron chi connectivity index (χ1n) is 13.2. The number of aryl methyl sites for hydroxylation is 2. The van der Waals surface area contributed by atoms with E-state index in [0.717, 1.165) is 28.9 Å². The molecule has 196 valence electrons. The molecule has 37 heavy (non-hydrogen) atoms. The molecule has 0 heterocycles. The molecule has 0 bridgehead atoms. The molecular weight excluding hydrogens is 460 g/mol. The molecule has 0 unspecified atom stereocenters. The first-order chi connectivity index (χ1) is 17.9. The van der Waals surface area contributed by atoms with Gasteiger partial charge in [-0.05, 0) is 56.9 Å². The molecular formula is C32H40N2O3. The van der Waals surface area contributed by atoms with Gasteiger partial charge in [-0.15, -0.1) is 0 Å². The first kappa shape index (κ1) is 28.0. The van der Waals surface area contributed by atoms with Crippen LogP contribution in [0, 0.1) is 13.8 Å². The van der Waals surface area contributed by atoms with Gasteiger partial charge in [-0.1, -0.05) is 84.8 Å². The lowest BCUT2D eigenvalue weighted by Crippen LogP contribution is -2.52. The Balaban J connectivity index is 1.78. The van der Waals surface area contributed by atoms with Gasteiger partial charge in [0.05, 0.1) is 6.61 Å². The third-order valence-electron chi connectivity index (χ3n) is 6.57. The topological polar surface area (TPSA) is 58.6 Å². The summed E-state index contributed by atoms with van der Waals surface area (Å²) in [7, 11) is 0. The molecule has 0 aliphatic rings. The zero-order valence-electron chi connectivity index (χ0n) is 22.6. The molecule has 3 aromatic carbocycles. The Morgan fingerprint density at radius 3 is 2.11 bits per heavy atom. The molecule has 1 N–H and O–H groups in total. The lowest BCUT2D eigenvalue weighted by molar-refractivity contribution is -0.141. The van der Waals surface area contributed by atoms with Gasteiger partial charge in [-0.2, -0.15) is 0 Å². The Morgan fingerprint density at radius 1 is 0.865 bits per heavy atom. The Labute approximate surface area is 221 Å². The van der Waals surface area contributed by atoms with Gasteiger partial charge in [-0.3, -0.25) is 9.59 Å². The highest BCUT2D eigenvalue weighted by molar-refractivity contribution is 5.88. The van der Waals surface area contributed by atoms with Crippen molar-refractivity contribution in [2.75, 3.05) is 6.61 Å². The van der Waals surface area contributed by atoms with Gasteiger partial charge in [0, 0.05) is 25.4 Å². The molecule has 0 fully saturated rings. The highest BCUT2D eigenvalue weighted by Crippen LogP contribution is 2.18. The molecule has 2 amide bonds. The van der Waals surface area contributed by atoms with Crippen LogP contribution < -0.4 is 10.1 Å². The number of hydrogen-bond donors (Lipinski definition) is 1. The predicted molar refractivity (Wildman–Crippen MR) is 149 cm³/mol. The van der Waals surface area contributed by atoms with E-state index in [0.29, 0.717) is 32.4 Å². The normalized spacial score (nSPS) is 12.4. The monoisotopic (exact) mass is 500 g/mol. The van der Waals surface area contributed by atoms with Crippen molar-refractivity contribution in [1.29, 1.82) is 0 Å². The summed E-state index contributed by atoms with van der Waals surface area (Å²) in [5, 5.41) is 3.12. The predicted octanol–water partition coefficient (Wildman–Crippen LogP) is 6.02. The van der Waals surface area contributed by atoms with E-state index in [1.54, 1.807) is 4.90 Å². The fourth-order valence-corrected chi connectivity index (χ4v) is 4.08. The van der Waals surface area contributed by atoms with Crippen LogP contribution in [0.1, 0.15) is 55.4 Å². The van der Waals surface area contributed by atoms with E-state index >= 15 is 0 Å². The van der Waals surface area contributed by atoms with Crippen molar-refractivity contribution in [2.24, 2.45) is 0 Å². The molecule has 3 rings (SSSR count). The maximum absolute atomic E-state index is 13.7. The Morgan fingerprint density at radius 2 is 1.49 bits per heavy atom. The molecule has 0 spiro atoms. The molecule has 0 saturated heterocycles. The van der Waals surface area contributed by atoms with Gasteiger partial charge in [0.2, 0.25) is 11.8 Å². The third-order valence-corrected chi connectivity index (χ3v) is 6.57. The molecule has 0 aliphatic heterocycles. The highest BCUT2D eigenvalue weighted by Gasteiger charge is 2.30. The van der Waals surface area contributed by atoms with Crippen LogP contribution in [0.3, 0.4) is 0 Å². The van der Waals surface area contributed by atoms with E-state index in [-0.39, 0.29) is 17.9 Å². The van der Waals surface area contributed by atoms with Crippen molar-refractivity contribution in [3.8, 4) is 5.75 Å². The minimum atomic E-state index is -0.608. The van der Waals surface area contributed by atoms with Crippen LogP contribution in [-0.4, -0.2) is 35.4 Å². The molecule has 0 aliphatic carbocycles. The summed E-state index contributed by atoms with van der Waals surface area (Å²) in [5.41, 5.74) is 4.36. The fourth-order valence-electron chi connectivity index (χ4n) is 4.08. The minimum absolute atomic E-state index is 0.0324. The summed E-state index contributed by atoms with van der Waals surface area (Å²) in [4.78, 5) is 28.9.